The van der Waals surface area contributed by atoms with Crippen LogP contribution in [0, 0.1) is 0 Å². The van der Waals surface area contributed by atoms with Gasteiger partial charge in [0.25, 0.3) is 0 Å². The van der Waals surface area contributed by atoms with Gasteiger partial charge in [-0.05, 0) is 6.42 Å². The van der Waals surface area contributed by atoms with Gasteiger partial charge in [-0.1, -0.05) is 12.2 Å². The van der Waals surface area contributed by atoms with Crippen molar-refractivity contribution < 1.29 is 9.50 Å². The number of aliphatic hydroxyl groups excluding tert-OH is 1. The summed E-state index contributed by atoms with van der Waals surface area (Å²) in [7, 11) is 0. The molecule has 1 N–H and O–H groups in total. The lowest BCUT2D eigenvalue weighted by atomic mass is 10.2. The van der Waals surface area contributed by atoms with E-state index < -0.39 is 6.17 Å². The van der Waals surface area contributed by atoms with Crippen molar-refractivity contribution in [3.63, 3.8) is 0 Å². The number of hydrogen-bond acceptors (Lipinski definition) is 2. The number of rotatable bonds is 3. The van der Waals surface area contributed by atoms with E-state index >= 15 is 0 Å². The van der Waals surface area contributed by atoms with Crippen LogP contribution >= 0.6 is 0 Å². The SMILES string of the molecule is OCC(F)CN1CC=CCC1. The van der Waals surface area contributed by atoms with E-state index in [9.17, 15) is 4.39 Å². The first-order valence-electron chi connectivity index (χ1n) is 3.95. The Bertz CT molecular complexity index is 138. The second-order valence-electron chi connectivity index (χ2n) is 2.80. The normalized spacial score (nSPS) is 22.0. The van der Waals surface area contributed by atoms with Crippen LogP contribution < -0.4 is 0 Å². The van der Waals surface area contributed by atoms with E-state index in [4.69, 9.17) is 5.11 Å². The van der Waals surface area contributed by atoms with Crippen molar-refractivity contribution in [2.75, 3.05) is 26.2 Å². The summed E-state index contributed by atoms with van der Waals surface area (Å²) in [6, 6.07) is 0. The predicted molar refractivity (Wildman–Crippen MR) is 42.2 cm³/mol. The average molecular weight is 159 g/mol. The maximum atomic E-state index is 12.6. The summed E-state index contributed by atoms with van der Waals surface area (Å²) in [6.45, 7) is 1.73. The van der Waals surface area contributed by atoms with Gasteiger partial charge in [0, 0.05) is 19.6 Å². The van der Waals surface area contributed by atoms with Gasteiger partial charge in [-0.2, -0.15) is 0 Å². The molecule has 1 unspecified atom stereocenters. The summed E-state index contributed by atoms with van der Waals surface area (Å²) in [4.78, 5) is 2.00. The van der Waals surface area contributed by atoms with Crippen LogP contribution in [0.15, 0.2) is 12.2 Å². The Morgan fingerprint density at radius 2 is 2.36 bits per heavy atom. The summed E-state index contributed by atoms with van der Waals surface area (Å²) < 4.78 is 12.6. The molecule has 64 valence electrons. The smallest absolute Gasteiger partial charge is 0.136 e. The maximum Gasteiger partial charge on any atom is 0.136 e. The van der Waals surface area contributed by atoms with Gasteiger partial charge in [0.1, 0.15) is 6.17 Å². The van der Waals surface area contributed by atoms with Crippen LogP contribution in [-0.4, -0.2) is 42.4 Å². The summed E-state index contributed by atoms with van der Waals surface area (Å²) in [6.07, 6.45) is 4.05. The monoisotopic (exact) mass is 159 g/mol. The first kappa shape index (κ1) is 8.68. The molecule has 1 rings (SSSR count). The molecule has 1 atom stereocenters. The van der Waals surface area contributed by atoms with Crippen LogP contribution in [-0.2, 0) is 0 Å². The van der Waals surface area contributed by atoms with E-state index in [0.29, 0.717) is 6.54 Å². The van der Waals surface area contributed by atoms with E-state index in [1.165, 1.54) is 0 Å². The molecule has 3 heteroatoms. The van der Waals surface area contributed by atoms with Gasteiger partial charge in [0.2, 0.25) is 0 Å². The fourth-order valence-corrected chi connectivity index (χ4v) is 1.19. The molecule has 0 saturated heterocycles. The molecule has 1 aliphatic heterocycles. The van der Waals surface area contributed by atoms with E-state index in [0.717, 1.165) is 19.5 Å². The highest BCUT2D eigenvalue weighted by molar-refractivity contribution is 4.91. The van der Waals surface area contributed by atoms with E-state index in [-0.39, 0.29) is 6.61 Å². The van der Waals surface area contributed by atoms with Crippen molar-refractivity contribution in [1.29, 1.82) is 0 Å². The Hall–Kier alpha value is -0.410. The Labute approximate surface area is 66.3 Å². The van der Waals surface area contributed by atoms with Gasteiger partial charge in [-0.15, -0.1) is 0 Å². The summed E-state index contributed by atoms with van der Waals surface area (Å²) >= 11 is 0. The Balaban J connectivity index is 2.20. The largest absolute Gasteiger partial charge is 0.393 e. The Morgan fingerprint density at radius 3 is 2.91 bits per heavy atom. The second kappa shape index (κ2) is 4.46. The summed E-state index contributed by atoms with van der Waals surface area (Å²) in [5.74, 6) is 0. The first-order valence-corrected chi connectivity index (χ1v) is 3.95. The molecule has 0 radical (unpaired) electrons. The van der Waals surface area contributed by atoms with E-state index in [2.05, 4.69) is 6.08 Å². The molecule has 0 aromatic carbocycles. The molecule has 0 fully saturated rings. The number of hydrogen-bond donors (Lipinski definition) is 1. The topological polar surface area (TPSA) is 23.5 Å². The lowest BCUT2D eigenvalue weighted by Crippen LogP contribution is -2.34. The molecular formula is C8H14FNO. The van der Waals surface area contributed by atoms with Crippen LogP contribution in [0.1, 0.15) is 6.42 Å². The quantitative estimate of drug-likeness (QED) is 0.609. The Morgan fingerprint density at radius 1 is 1.55 bits per heavy atom. The van der Waals surface area contributed by atoms with Gasteiger partial charge in [-0.3, -0.25) is 4.90 Å². The highest BCUT2D eigenvalue weighted by Gasteiger charge is 2.11. The van der Waals surface area contributed by atoms with Crippen LogP contribution in [0.2, 0.25) is 0 Å². The fourth-order valence-electron chi connectivity index (χ4n) is 1.19. The molecule has 1 heterocycles. The third kappa shape index (κ3) is 2.99. The predicted octanol–water partition coefficient (Wildman–Crippen LogP) is 0.579. The molecule has 0 amide bonds. The molecule has 2 nitrogen and oxygen atoms in total. The maximum absolute atomic E-state index is 12.6. The minimum atomic E-state index is -1.08. The zero-order chi connectivity index (χ0) is 8.10. The highest BCUT2D eigenvalue weighted by atomic mass is 19.1. The summed E-state index contributed by atoms with van der Waals surface area (Å²) in [5, 5.41) is 8.45. The number of halogens is 1. The first-order chi connectivity index (χ1) is 5.33. The molecular weight excluding hydrogens is 145 g/mol. The number of nitrogens with zero attached hydrogens (tertiary/aromatic N) is 1. The third-order valence-electron chi connectivity index (χ3n) is 1.80. The third-order valence-corrected chi connectivity index (χ3v) is 1.80. The van der Waals surface area contributed by atoms with Crippen LogP contribution in [0.3, 0.4) is 0 Å². The van der Waals surface area contributed by atoms with Gasteiger partial charge >= 0.3 is 0 Å². The molecule has 11 heavy (non-hydrogen) atoms. The van der Waals surface area contributed by atoms with Gasteiger partial charge in [0.05, 0.1) is 6.61 Å². The molecule has 0 bridgehead atoms. The van der Waals surface area contributed by atoms with Crippen LogP contribution in [0.4, 0.5) is 4.39 Å². The fraction of sp³-hybridized carbons (Fsp3) is 0.750. The standard InChI is InChI=1S/C8H14FNO/c9-8(7-11)6-10-4-2-1-3-5-10/h1-2,8,11H,3-7H2. The molecule has 0 saturated carbocycles. The molecule has 0 aliphatic carbocycles. The van der Waals surface area contributed by atoms with Crippen molar-refractivity contribution >= 4 is 0 Å². The molecule has 0 aromatic rings. The molecule has 0 aromatic heterocycles. The average Bonchev–Trinajstić information content (AvgIpc) is 2.06. The van der Waals surface area contributed by atoms with Crippen molar-refractivity contribution in [2.24, 2.45) is 0 Å². The number of aliphatic hydroxyl groups is 1. The van der Waals surface area contributed by atoms with Crippen LogP contribution in [0.5, 0.6) is 0 Å². The Kier molecular flexibility index (Phi) is 3.52. The van der Waals surface area contributed by atoms with Gasteiger partial charge < -0.3 is 5.11 Å². The highest BCUT2D eigenvalue weighted by Crippen LogP contribution is 2.03. The van der Waals surface area contributed by atoms with Crippen molar-refractivity contribution in [3.05, 3.63) is 12.2 Å². The molecule has 1 aliphatic rings. The second-order valence-corrected chi connectivity index (χ2v) is 2.80. The van der Waals surface area contributed by atoms with Crippen molar-refractivity contribution in [1.82, 2.24) is 4.90 Å². The zero-order valence-corrected chi connectivity index (χ0v) is 6.54. The molecule has 0 spiro atoms. The minimum absolute atomic E-state index is 0.361. The van der Waals surface area contributed by atoms with Crippen LogP contribution in [0.25, 0.3) is 0 Å². The van der Waals surface area contributed by atoms with E-state index in [1.54, 1.807) is 0 Å². The number of alkyl halides is 1. The zero-order valence-electron chi connectivity index (χ0n) is 6.54. The summed E-state index contributed by atoms with van der Waals surface area (Å²) in [5.41, 5.74) is 0. The van der Waals surface area contributed by atoms with Gasteiger partial charge in [-0.25, -0.2) is 4.39 Å². The lowest BCUT2D eigenvalue weighted by molar-refractivity contribution is 0.131. The van der Waals surface area contributed by atoms with Crippen molar-refractivity contribution in [2.45, 2.75) is 12.6 Å². The van der Waals surface area contributed by atoms with Gasteiger partial charge in [0.15, 0.2) is 0 Å². The van der Waals surface area contributed by atoms with Crippen molar-refractivity contribution in [3.8, 4) is 0 Å². The van der Waals surface area contributed by atoms with E-state index in [1.807, 2.05) is 11.0 Å². The minimum Gasteiger partial charge on any atom is -0.393 e. The lowest BCUT2D eigenvalue weighted by Gasteiger charge is -2.23.